The molecule has 0 amide bonds. The van der Waals surface area contributed by atoms with Crippen molar-refractivity contribution >= 4 is 17.5 Å². The van der Waals surface area contributed by atoms with Crippen molar-refractivity contribution in [2.24, 2.45) is 0 Å². The van der Waals surface area contributed by atoms with E-state index >= 15 is 0 Å². The number of nitrogens with zero attached hydrogens (tertiary/aromatic N) is 2. The minimum Gasteiger partial charge on any atom is -1.00 e. The number of likely N-dealkylation sites (N-methyl/N-ethyl adjacent to an activating group) is 2. The zero-order valence-electron chi connectivity index (χ0n) is 31.6. The van der Waals surface area contributed by atoms with Crippen molar-refractivity contribution in [3.63, 3.8) is 0 Å². The first-order valence-corrected chi connectivity index (χ1v) is 17.3. The zero-order chi connectivity index (χ0) is 35.7. The van der Waals surface area contributed by atoms with Crippen LogP contribution in [0.5, 0.6) is 5.75 Å². The van der Waals surface area contributed by atoms with Crippen LogP contribution in [-0.2, 0) is 66.5 Å². The van der Waals surface area contributed by atoms with E-state index in [2.05, 4.69) is 90.5 Å². The third kappa shape index (κ3) is 16.0. The molecule has 6 nitrogen and oxygen atoms in total. The van der Waals surface area contributed by atoms with Gasteiger partial charge in [-0.1, -0.05) is 50.2 Å². The number of carbonyl (C=O) groups is 3. The number of ether oxygens (including phenoxy) is 1. The Morgan fingerprint density at radius 3 is 1.62 bits per heavy atom. The summed E-state index contributed by atoms with van der Waals surface area (Å²) in [4.78, 5) is 38.9. The zero-order valence-corrected chi connectivity index (χ0v) is 36.6. The van der Waals surface area contributed by atoms with E-state index in [9.17, 15) is 14.4 Å². The molecule has 3 aromatic carbocycles. The van der Waals surface area contributed by atoms with Gasteiger partial charge < -0.3 is 33.2 Å². The van der Waals surface area contributed by atoms with Crippen molar-refractivity contribution in [1.29, 1.82) is 0 Å². The van der Waals surface area contributed by atoms with Crippen LogP contribution >= 0.6 is 0 Å². The molecule has 1 radical (unpaired) electrons. The summed E-state index contributed by atoms with van der Waals surface area (Å²) < 4.78 is 6.01. The van der Waals surface area contributed by atoms with Gasteiger partial charge in [-0.2, -0.15) is 0 Å². The number of hydrogen-bond donors (Lipinski definition) is 0. The van der Waals surface area contributed by atoms with Crippen molar-refractivity contribution in [3.8, 4) is 18.1 Å². The van der Waals surface area contributed by atoms with Crippen LogP contribution in [0.15, 0.2) is 60.7 Å². The van der Waals surface area contributed by atoms with Gasteiger partial charge in [-0.3, -0.25) is 19.3 Å². The summed E-state index contributed by atoms with van der Waals surface area (Å²) in [6.45, 7) is 22.2. The molecule has 0 atom stereocenters. The van der Waals surface area contributed by atoms with Crippen LogP contribution in [-0.4, -0.2) is 66.2 Å². The monoisotopic (exact) mass is 869 g/mol. The molecule has 50 heavy (non-hydrogen) atoms. The van der Waals surface area contributed by atoms with Gasteiger partial charge in [0.25, 0.3) is 0 Å². The quantitative estimate of drug-likeness (QED) is 0.0656. The van der Waals surface area contributed by atoms with Gasteiger partial charge in [-0.15, -0.1) is 12.3 Å². The number of aryl methyl sites for hydroxylation is 4. The molecular formula is C42H57IN2O4Y. The maximum atomic E-state index is 13.0. The van der Waals surface area contributed by atoms with Gasteiger partial charge in [0.15, 0.2) is 11.6 Å². The average Bonchev–Trinajstić information content (AvgIpc) is 3.07. The van der Waals surface area contributed by atoms with E-state index in [1.54, 1.807) is 0 Å². The fourth-order valence-electron chi connectivity index (χ4n) is 5.97. The molecule has 0 aliphatic carbocycles. The molecule has 0 saturated heterocycles. The largest absolute Gasteiger partial charge is 1.00 e. The van der Waals surface area contributed by atoms with Crippen LogP contribution in [0.25, 0.3) is 0 Å². The van der Waals surface area contributed by atoms with E-state index in [1.807, 2.05) is 36.4 Å². The van der Waals surface area contributed by atoms with Crippen LogP contribution in [0, 0.1) is 40.0 Å². The van der Waals surface area contributed by atoms with Crippen LogP contribution in [0.1, 0.15) is 79.5 Å². The Hall–Kier alpha value is -2.22. The van der Waals surface area contributed by atoms with Crippen LogP contribution < -0.4 is 28.7 Å². The molecule has 3 aromatic rings. The van der Waals surface area contributed by atoms with Gasteiger partial charge >= 0.3 is 5.97 Å². The van der Waals surface area contributed by atoms with Crippen molar-refractivity contribution in [3.05, 3.63) is 99.6 Å². The summed E-state index contributed by atoms with van der Waals surface area (Å²) in [5.41, 5.74) is 8.25. The second-order valence-electron chi connectivity index (χ2n) is 12.7. The number of carbonyl (C=O) groups excluding carboxylic acids is 3. The number of hydrogen-bond acceptors (Lipinski definition) is 5. The maximum Gasteiger partial charge on any atom is 0.312 e. The SMILES string of the molecule is C#CCCC(=O)Oc1ccc(C[N+](CC)(CC)CC(=O)Cc2c(C)cccc2C)cc1.CCN(CC)CC(=O)Cc1c(C)cccc1C.[I-].[Y]. The van der Waals surface area contributed by atoms with Gasteiger partial charge in [0.1, 0.15) is 18.8 Å². The van der Waals surface area contributed by atoms with Gasteiger partial charge in [-0.05, 0) is 112 Å². The first-order valence-electron chi connectivity index (χ1n) is 17.3. The molecule has 3 rings (SSSR count). The Labute approximate surface area is 344 Å². The third-order valence-electron chi connectivity index (χ3n) is 9.33. The van der Waals surface area contributed by atoms with E-state index < -0.39 is 0 Å². The maximum absolute atomic E-state index is 13.0. The summed E-state index contributed by atoms with van der Waals surface area (Å²) in [6.07, 6.45) is 6.82. The average molecular weight is 870 g/mol. The topological polar surface area (TPSA) is 63.7 Å². The molecular weight excluding hydrogens is 812 g/mol. The van der Waals surface area contributed by atoms with E-state index in [-0.39, 0.29) is 74.9 Å². The number of esters is 1. The summed E-state index contributed by atoms with van der Waals surface area (Å²) in [7, 11) is 0. The Morgan fingerprint density at radius 1 is 0.740 bits per heavy atom. The van der Waals surface area contributed by atoms with Crippen molar-refractivity contribution in [2.45, 2.75) is 87.6 Å². The first kappa shape index (κ1) is 47.8. The van der Waals surface area contributed by atoms with Crippen molar-refractivity contribution in [2.75, 3.05) is 39.3 Å². The standard InChI is InChI=1S/C27H34NO3.C15H23NO.HI.Y/c1-6-9-13-27(30)31-25-16-14-23(15-17-25)19-28(7-2,8-3)20-24(29)18-26-21(4)11-10-12-22(26)5;1-5-16(6-2)11-14(17)10-15-12(3)8-7-9-13(15)4;;/h1,10-12,14-17H,7-9,13,18-20H2,2-5H3;7-9H,5-6,10-11H2,1-4H3;1H;/q+1;;;/p-1. The number of benzene rings is 3. The molecule has 0 fully saturated rings. The molecule has 0 saturated carbocycles. The molecule has 269 valence electrons. The molecule has 0 aromatic heterocycles. The van der Waals surface area contributed by atoms with E-state index in [0.717, 1.165) is 43.9 Å². The fraction of sp³-hybridized carbons (Fsp3) is 0.452. The summed E-state index contributed by atoms with van der Waals surface area (Å²) in [5, 5.41) is 0. The van der Waals surface area contributed by atoms with Gasteiger partial charge in [0.05, 0.1) is 26.1 Å². The third-order valence-corrected chi connectivity index (χ3v) is 9.33. The number of halogens is 1. The predicted molar refractivity (Wildman–Crippen MR) is 197 cm³/mol. The molecule has 0 unspecified atom stereocenters. The van der Waals surface area contributed by atoms with Crippen molar-refractivity contribution in [1.82, 2.24) is 4.90 Å². The second-order valence-corrected chi connectivity index (χ2v) is 12.7. The Balaban J connectivity index is 0.00000108. The number of Topliss-reactive ketones (excluding diaryl/α,β-unsaturated/α-hetero) is 2. The number of rotatable bonds is 17. The smallest absolute Gasteiger partial charge is 0.312 e. The molecule has 0 N–H and O–H groups in total. The molecule has 0 heterocycles. The normalized spacial score (nSPS) is 10.6. The molecule has 0 aliphatic rings. The van der Waals surface area contributed by atoms with Gasteiger partial charge in [0, 0.05) is 57.5 Å². The van der Waals surface area contributed by atoms with Crippen LogP contribution in [0.3, 0.4) is 0 Å². The number of terminal acetylenes is 1. The minimum atomic E-state index is -0.324. The van der Waals surface area contributed by atoms with E-state index in [1.165, 1.54) is 27.8 Å². The van der Waals surface area contributed by atoms with Crippen LogP contribution in [0.4, 0.5) is 0 Å². The van der Waals surface area contributed by atoms with Crippen LogP contribution in [0.2, 0.25) is 0 Å². The predicted octanol–water partition coefficient (Wildman–Crippen LogP) is 4.55. The summed E-state index contributed by atoms with van der Waals surface area (Å²) in [5.74, 6) is 3.21. The summed E-state index contributed by atoms with van der Waals surface area (Å²) in [6, 6.07) is 19.9. The fourth-order valence-corrected chi connectivity index (χ4v) is 5.97. The number of ketones is 2. The summed E-state index contributed by atoms with van der Waals surface area (Å²) >= 11 is 0. The Bertz CT molecular complexity index is 1500. The second kappa shape index (κ2) is 24.9. The Kier molecular flexibility index (Phi) is 23.8. The molecule has 0 bridgehead atoms. The van der Waals surface area contributed by atoms with Gasteiger partial charge in [0.2, 0.25) is 0 Å². The minimum absolute atomic E-state index is 0. The first-order chi connectivity index (χ1) is 22.9. The molecule has 0 spiro atoms. The van der Waals surface area contributed by atoms with Crippen molar-refractivity contribution < 1.29 is 80.3 Å². The van der Waals surface area contributed by atoms with E-state index in [4.69, 9.17) is 11.2 Å². The van der Waals surface area contributed by atoms with Gasteiger partial charge in [-0.25, -0.2) is 0 Å². The van der Waals surface area contributed by atoms with E-state index in [0.29, 0.717) is 48.4 Å². The molecule has 8 heteroatoms. The Morgan fingerprint density at radius 2 is 1.20 bits per heavy atom. The number of quaternary nitrogens is 1. The molecule has 0 aliphatic heterocycles.